The minimum absolute atomic E-state index is 0.415. The fourth-order valence-electron chi connectivity index (χ4n) is 2.98. The number of ether oxygens (including phenoxy) is 1. The molecule has 9 heteroatoms. The van der Waals surface area contributed by atoms with Gasteiger partial charge in [-0.2, -0.15) is 13.2 Å². The highest BCUT2D eigenvalue weighted by Gasteiger charge is 2.39. The topological polar surface area (TPSA) is 9.23 Å². The first-order valence-electron chi connectivity index (χ1n) is 9.03. The molecule has 0 spiro atoms. The summed E-state index contributed by atoms with van der Waals surface area (Å²) in [6.45, 7) is 1.82. The van der Waals surface area contributed by atoms with Crippen molar-refractivity contribution in [2.24, 2.45) is 0 Å². The van der Waals surface area contributed by atoms with Crippen LogP contribution in [-0.2, 0) is 12.5 Å². The monoisotopic (exact) mass is 446 g/mol. The average Bonchev–Trinajstić information content (AvgIpc) is 2.69. The molecular weight excluding hydrogens is 432 g/mol. The Morgan fingerprint density at radius 1 is 0.742 bits per heavy atom. The standard InChI is InChI=1S/C22H14F8O/c1-2-3-11-4-6-14(15(23)8-11)22(29,30)31-18-7-5-13(19(26)21(18)28)12-9-16(24)20(27)17(25)10-12/h4-10H,2-3H2,1H3. The highest BCUT2D eigenvalue weighted by atomic mass is 19.3. The normalized spacial score (nSPS) is 11.6. The highest BCUT2D eigenvalue weighted by Crippen LogP contribution is 2.37. The minimum atomic E-state index is -4.35. The van der Waals surface area contributed by atoms with E-state index in [1.54, 1.807) is 0 Å². The predicted molar refractivity (Wildman–Crippen MR) is 96.6 cm³/mol. The summed E-state index contributed by atoms with van der Waals surface area (Å²) in [6.07, 6.45) is -3.24. The van der Waals surface area contributed by atoms with Crippen molar-refractivity contribution in [3.05, 3.63) is 88.5 Å². The molecule has 0 saturated heterocycles. The second kappa shape index (κ2) is 8.56. The van der Waals surface area contributed by atoms with Crippen LogP contribution in [0.15, 0.2) is 42.5 Å². The maximum atomic E-state index is 14.4. The molecule has 0 bridgehead atoms. The lowest BCUT2D eigenvalue weighted by atomic mass is 10.0. The fraction of sp³-hybridized carbons (Fsp3) is 0.182. The summed E-state index contributed by atoms with van der Waals surface area (Å²) >= 11 is 0. The number of benzene rings is 3. The minimum Gasteiger partial charge on any atom is -0.426 e. The highest BCUT2D eigenvalue weighted by molar-refractivity contribution is 5.65. The molecule has 0 aliphatic rings. The molecule has 0 heterocycles. The molecular formula is C22H14F8O. The van der Waals surface area contributed by atoms with Crippen molar-refractivity contribution >= 4 is 0 Å². The first kappa shape index (κ1) is 22.6. The zero-order valence-corrected chi connectivity index (χ0v) is 15.9. The molecule has 0 radical (unpaired) electrons. The van der Waals surface area contributed by atoms with Gasteiger partial charge in [0.15, 0.2) is 29.0 Å². The van der Waals surface area contributed by atoms with Gasteiger partial charge in [-0.25, -0.2) is 22.0 Å². The lowest BCUT2D eigenvalue weighted by molar-refractivity contribution is -0.189. The first-order chi connectivity index (χ1) is 14.5. The second-order valence-corrected chi connectivity index (χ2v) is 6.68. The van der Waals surface area contributed by atoms with E-state index in [1.165, 1.54) is 6.07 Å². The van der Waals surface area contributed by atoms with E-state index in [9.17, 15) is 35.1 Å². The maximum Gasteiger partial charge on any atom is 0.429 e. The van der Waals surface area contributed by atoms with Crippen molar-refractivity contribution < 1.29 is 39.9 Å². The zero-order valence-electron chi connectivity index (χ0n) is 15.9. The summed E-state index contributed by atoms with van der Waals surface area (Å²) in [7, 11) is 0. The van der Waals surface area contributed by atoms with E-state index in [4.69, 9.17) is 0 Å². The third-order valence-electron chi connectivity index (χ3n) is 4.47. The van der Waals surface area contributed by atoms with Gasteiger partial charge in [0.05, 0.1) is 5.56 Å². The van der Waals surface area contributed by atoms with Crippen LogP contribution in [0.3, 0.4) is 0 Å². The van der Waals surface area contributed by atoms with E-state index >= 15 is 0 Å². The number of aryl methyl sites for hydroxylation is 1. The van der Waals surface area contributed by atoms with Gasteiger partial charge in [-0.1, -0.05) is 19.4 Å². The Balaban J connectivity index is 1.95. The number of rotatable bonds is 6. The van der Waals surface area contributed by atoms with Crippen LogP contribution in [0, 0.1) is 34.9 Å². The van der Waals surface area contributed by atoms with Crippen LogP contribution in [0.4, 0.5) is 35.1 Å². The Bertz CT molecular complexity index is 1100. The van der Waals surface area contributed by atoms with Gasteiger partial charge < -0.3 is 4.74 Å². The smallest absolute Gasteiger partial charge is 0.426 e. The largest absolute Gasteiger partial charge is 0.429 e. The lowest BCUT2D eigenvalue weighted by Crippen LogP contribution is -2.24. The molecule has 3 aromatic rings. The van der Waals surface area contributed by atoms with Crippen molar-refractivity contribution in [2.75, 3.05) is 0 Å². The Morgan fingerprint density at radius 2 is 1.39 bits per heavy atom. The molecule has 3 rings (SSSR count). The molecule has 0 saturated carbocycles. The Kier molecular flexibility index (Phi) is 6.24. The number of halogens is 8. The van der Waals surface area contributed by atoms with E-state index in [-0.39, 0.29) is 0 Å². The first-order valence-corrected chi connectivity index (χ1v) is 9.03. The average molecular weight is 446 g/mol. The third-order valence-corrected chi connectivity index (χ3v) is 4.47. The van der Waals surface area contributed by atoms with E-state index in [1.807, 2.05) is 6.92 Å². The van der Waals surface area contributed by atoms with Crippen LogP contribution < -0.4 is 4.74 Å². The molecule has 0 amide bonds. The van der Waals surface area contributed by atoms with Crippen molar-refractivity contribution in [1.29, 1.82) is 0 Å². The molecule has 3 aromatic carbocycles. The summed E-state index contributed by atoms with van der Waals surface area (Å²) < 4.78 is 116. The molecule has 164 valence electrons. The summed E-state index contributed by atoms with van der Waals surface area (Å²) in [6, 6.07) is 5.08. The summed E-state index contributed by atoms with van der Waals surface area (Å²) in [5.74, 6) is -11.3. The van der Waals surface area contributed by atoms with Crippen molar-refractivity contribution in [3.8, 4) is 16.9 Å². The maximum absolute atomic E-state index is 14.4. The Labute approximate surface area is 171 Å². The van der Waals surface area contributed by atoms with Crippen LogP contribution in [-0.4, -0.2) is 0 Å². The van der Waals surface area contributed by atoms with Gasteiger partial charge in [0.25, 0.3) is 0 Å². The van der Waals surface area contributed by atoms with Gasteiger partial charge in [0.2, 0.25) is 5.82 Å². The van der Waals surface area contributed by atoms with Crippen LogP contribution in [0.2, 0.25) is 0 Å². The quantitative estimate of drug-likeness (QED) is 0.286. The second-order valence-electron chi connectivity index (χ2n) is 6.68. The van der Waals surface area contributed by atoms with Crippen LogP contribution in [0.5, 0.6) is 5.75 Å². The van der Waals surface area contributed by atoms with E-state index in [0.717, 1.165) is 18.2 Å². The molecule has 1 nitrogen and oxygen atoms in total. The van der Waals surface area contributed by atoms with E-state index in [0.29, 0.717) is 36.6 Å². The van der Waals surface area contributed by atoms with E-state index < -0.39 is 63.5 Å². The fourth-order valence-corrected chi connectivity index (χ4v) is 2.98. The summed E-state index contributed by atoms with van der Waals surface area (Å²) in [5.41, 5.74) is -2.00. The molecule has 0 aliphatic carbocycles. The lowest BCUT2D eigenvalue weighted by Gasteiger charge is -2.20. The summed E-state index contributed by atoms with van der Waals surface area (Å²) in [5, 5.41) is 0. The molecule has 0 aliphatic heterocycles. The number of hydrogen-bond donors (Lipinski definition) is 0. The van der Waals surface area contributed by atoms with Crippen LogP contribution in [0.1, 0.15) is 24.5 Å². The van der Waals surface area contributed by atoms with Crippen molar-refractivity contribution in [3.63, 3.8) is 0 Å². The zero-order chi connectivity index (χ0) is 22.9. The van der Waals surface area contributed by atoms with Crippen molar-refractivity contribution in [1.82, 2.24) is 0 Å². The van der Waals surface area contributed by atoms with Gasteiger partial charge >= 0.3 is 6.11 Å². The summed E-state index contributed by atoms with van der Waals surface area (Å²) in [4.78, 5) is 0. The van der Waals surface area contributed by atoms with Gasteiger partial charge in [-0.3, -0.25) is 0 Å². The SMILES string of the molecule is CCCc1ccc(C(F)(F)Oc2ccc(-c3cc(F)c(F)c(F)c3)c(F)c2F)c(F)c1. The van der Waals surface area contributed by atoms with Crippen LogP contribution >= 0.6 is 0 Å². The molecule has 0 N–H and O–H groups in total. The van der Waals surface area contributed by atoms with Crippen LogP contribution in [0.25, 0.3) is 11.1 Å². The number of hydrogen-bond acceptors (Lipinski definition) is 1. The molecule has 31 heavy (non-hydrogen) atoms. The molecule has 0 unspecified atom stereocenters. The van der Waals surface area contributed by atoms with Crippen molar-refractivity contribution in [2.45, 2.75) is 25.9 Å². The Morgan fingerprint density at radius 3 is 1.97 bits per heavy atom. The third kappa shape index (κ3) is 4.50. The van der Waals surface area contributed by atoms with Gasteiger partial charge in [-0.05, 0) is 53.9 Å². The van der Waals surface area contributed by atoms with Gasteiger partial charge in [0.1, 0.15) is 5.82 Å². The predicted octanol–water partition coefficient (Wildman–Crippen LogP) is 7.27. The molecule has 0 fully saturated rings. The van der Waals surface area contributed by atoms with Gasteiger partial charge in [-0.15, -0.1) is 0 Å². The van der Waals surface area contributed by atoms with Gasteiger partial charge in [0, 0.05) is 5.56 Å². The Hall–Kier alpha value is -3.10. The van der Waals surface area contributed by atoms with E-state index in [2.05, 4.69) is 4.74 Å². The molecule has 0 atom stereocenters. The number of alkyl halides is 2. The molecule has 0 aromatic heterocycles.